The number of methoxy groups -OCH3 is 2. The number of benzene rings is 3. The SMILES string of the molecule is CC[C@H](C(=O)NC(C)(C)C)N(Cc1ccc(Cl)cc1Cl)C(=O)CN(c1cc(OC)ccc1OC)S(=O)(=O)c1ccccc1. The molecule has 2 amide bonds. The minimum atomic E-state index is -4.30. The molecular weight excluding hydrogens is 613 g/mol. The monoisotopic (exact) mass is 649 g/mol. The zero-order chi connectivity index (χ0) is 31.9. The molecule has 3 aromatic carbocycles. The number of amides is 2. The molecule has 0 saturated carbocycles. The molecule has 232 valence electrons. The highest BCUT2D eigenvalue weighted by Gasteiger charge is 2.36. The summed E-state index contributed by atoms with van der Waals surface area (Å²) in [6.07, 6.45) is 0.257. The van der Waals surface area contributed by atoms with Gasteiger partial charge in [-0.2, -0.15) is 0 Å². The fraction of sp³-hybridized carbons (Fsp3) is 0.355. The quantitative estimate of drug-likeness (QED) is 0.261. The highest BCUT2D eigenvalue weighted by Crippen LogP contribution is 2.36. The normalized spacial score (nSPS) is 12.3. The van der Waals surface area contributed by atoms with Crippen molar-refractivity contribution in [2.45, 2.75) is 57.1 Å². The van der Waals surface area contributed by atoms with Gasteiger partial charge in [-0.25, -0.2) is 8.42 Å². The van der Waals surface area contributed by atoms with E-state index in [1.807, 2.05) is 20.8 Å². The Morgan fingerprint density at radius 3 is 2.19 bits per heavy atom. The fourth-order valence-corrected chi connectivity index (χ4v) is 6.34. The molecule has 0 radical (unpaired) electrons. The third-order valence-corrected chi connectivity index (χ3v) is 8.87. The molecule has 1 N–H and O–H groups in total. The van der Waals surface area contributed by atoms with Crippen molar-refractivity contribution in [1.29, 1.82) is 0 Å². The number of halogens is 2. The van der Waals surface area contributed by atoms with Crippen LogP contribution in [0.4, 0.5) is 5.69 Å². The van der Waals surface area contributed by atoms with E-state index in [9.17, 15) is 18.0 Å². The topological polar surface area (TPSA) is 105 Å². The van der Waals surface area contributed by atoms with Crippen LogP contribution in [0.15, 0.2) is 71.6 Å². The van der Waals surface area contributed by atoms with Gasteiger partial charge in [-0.05, 0) is 69.2 Å². The predicted molar refractivity (Wildman–Crippen MR) is 170 cm³/mol. The Kier molecular flexibility index (Phi) is 11.3. The molecule has 0 spiro atoms. The number of carbonyl (C=O) groups is 2. The van der Waals surface area contributed by atoms with Gasteiger partial charge in [0.15, 0.2) is 0 Å². The second-order valence-corrected chi connectivity index (χ2v) is 13.5. The lowest BCUT2D eigenvalue weighted by molar-refractivity contribution is -0.141. The third-order valence-electron chi connectivity index (χ3n) is 6.50. The summed E-state index contributed by atoms with van der Waals surface area (Å²) in [4.78, 5) is 29.1. The first kappa shape index (κ1) is 34.0. The molecule has 0 heterocycles. The van der Waals surface area contributed by atoms with Gasteiger partial charge in [0, 0.05) is 28.2 Å². The summed E-state index contributed by atoms with van der Waals surface area (Å²) in [5.74, 6) is -0.452. The van der Waals surface area contributed by atoms with Crippen LogP contribution in [-0.2, 0) is 26.2 Å². The van der Waals surface area contributed by atoms with Crippen LogP contribution in [0.3, 0.4) is 0 Å². The molecule has 0 aromatic heterocycles. The number of rotatable bonds is 12. The van der Waals surface area contributed by atoms with Gasteiger partial charge < -0.3 is 19.7 Å². The lowest BCUT2D eigenvalue weighted by Crippen LogP contribution is -2.55. The average Bonchev–Trinajstić information content (AvgIpc) is 2.95. The fourth-order valence-electron chi connectivity index (χ4n) is 4.43. The zero-order valence-corrected chi connectivity index (χ0v) is 27.4. The highest BCUT2D eigenvalue weighted by molar-refractivity contribution is 7.92. The smallest absolute Gasteiger partial charge is 0.264 e. The molecular formula is C31H37Cl2N3O6S. The Labute approximate surface area is 263 Å². The van der Waals surface area contributed by atoms with E-state index in [-0.39, 0.29) is 35.2 Å². The number of nitrogens with zero attached hydrogens (tertiary/aromatic N) is 2. The molecule has 0 fully saturated rings. The van der Waals surface area contributed by atoms with E-state index in [0.29, 0.717) is 21.4 Å². The molecule has 12 heteroatoms. The van der Waals surface area contributed by atoms with E-state index < -0.39 is 34.1 Å². The van der Waals surface area contributed by atoms with Gasteiger partial charge in [-0.15, -0.1) is 0 Å². The number of nitrogens with one attached hydrogen (secondary N) is 1. The van der Waals surface area contributed by atoms with Crippen LogP contribution >= 0.6 is 23.2 Å². The van der Waals surface area contributed by atoms with Gasteiger partial charge >= 0.3 is 0 Å². The summed E-state index contributed by atoms with van der Waals surface area (Å²) in [5.41, 5.74) is 0.0573. The number of hydrogen-bond donors (Lipinski definition) is 1. The van der Waals surface area contributed by atoms with Crippen LogP contribution in [0.5, 0.6) is 11.5 Å². The minimum absolute atomic E-state index is 0.0301. The summed E-state index contributed by atoms with van der Waals surface area (Å²) >= 11 is 12.6. The minimum Gasteiger partial charge on any atom is -0.497 e. The van der Waals surface area contributed by atoms with Crippen LogP contribution in [0.25, 0.3) is 0 Å². The van der Waals surface area contributed by atoms with Gasteiger partial charge in [-0.1, -0.05) is 54.4 Å². The second kappa shape index (κ2) is 14.3. The molecule has 0 saturated heterocycles. The van der Waals surface area contributed by atoms with E-state index in [1.54, 1.807) is 55.5 Å². The van der Waals surface area contributed by atoms with Gasteiger partial charge in [0.25, 0.3) is 10.0 Å². The molecule has 0 bridgehead atoms. The van der Waals surface area contributed by atoms with E-state index in [0.717, 1.165) is 4.31 Å². The maximum atomic E-state index is 14.3. The predicted octanol–water partition coefficient (Wildman–Crippen LogP) is 5.93. The summed E-state index contributed by atoms with van der Waals surface area (Å²) in [5, 5.41) is 3.65. The van der Waals surface area contributed by atoms with E-state index >= 15 is 0 Å². The van der Waals surface area contributed by atoms with Crippen LogP contribution in [0, 0.1) is 0 Å². The first-order valence-corrected chi connectivity index (χ1v) is 15.8. The van der Waals surface area contributed by atoms with Crippen molar-refractivity contribution in [3.8, 4) is 11.5 Å². The van der Waals surface area contributed by atoms with Crippen molar-refractivity contribution in [2.24, 2.45) is 0 Å². The van der Waals surface area contributed by atoms with Crippen molar-refractivity contribution < 1.29 is 27.5 Å². The Bertz CT molecular complexity index is 1540. The van der Waals surface area contributed by atoms with E-state index in [4.69, 9.17) is 32.7 Å². The number of carbonyl (C=O) groups excluding carboxylic acids is 2. The zero-order valence-electron chi connectivity index (χ0n) is 25.1. The van der Waals surface area contributed by atoms with Crippen molar-refractivity contribution in [3.63, 3.8) is 0 Å². The maximum absolute atomic E-state index is 14.3. The molecule has 0 aliphatic carbocycles. The Morgan fingerprint density at radius 1 is 0.953 bits per heavy atom. The summed E-state index contributed by atoms with van der Waals surface area (Å²) in [7, 11) is -1.45. The van der Waals surface area contributed by atoms with Crippen LogP contribution in [0.2, 0.25) is 10.0 Å². The van der Waals surface area contributed by atoms with Crippen LogP contribution in [0.1, 0.15) is 39.7 Å². The first-order chi connectivity index (χ1) is 20.2. The molecule has 0 aliphatic heterocycles. The standard InChI is InChI=1S/C31H37Cl2N3O6S/c1-7-26(30(38)34-31(2,3)4)35(19-21-13-14-22(32)17-25(21)33)29(37)20-36(43(39,40)24-11-9-8-10-12-24)27-18-23(41-5)15-16-28(27)42-6/h8-18,26H,7,19-20H2,1-6H3,(H,34,38)/t26-/m1/s1. The van der Waals surface area contributed by atoms with Gasteiger partial charge in [0.05, 0.1) is 24.8 Å². The van der Waals surface area contributed by atoms with Crippen LogP contribution in [-0.4, -0.2) is 57.5 Å². The third kappa shape index (κ3) is 8.55. The van der Waals surface area contributed by atoms with Gasteiger partial charge in [0.2, 0.25) is 11.8 Å². The molecule has 0 unspecified atom stereocenters. The van der Waals surface area contributed by atoms with Gasteiger partial charge in [0.1, 0.15) is 24.1 Å². The van der Waals surface area contributed by atoms with Crippen molar-refractivity contribution in [2.75, 3.05) is 25.1 Å². The summed E-state index contributed by atoms with van der Waals surface area (Å²) in [6.45, 7) is 6.57. The summed E-state index contributed by atoms with van der Waals surface area (Å²) in [6, 6.07) is 16.3. The Balaban J connectivity index is 2.17. The lowest BCUT2D eigenvalue weighted by atomic mass is 10.1. The lowest BCUT2D eigenvalue weighted by Gasteiger charge is -2.35. The first-order valence-electron chi connectivity index (χ1n) is 13.6. The molecule has 0 aliphatic rings. The van der Waals surface area contributed by atoms with E-state index in [2.05, 4.69) is 5.32 Å². The molecule has 3 aromatic rings. The second-order valence-electron chi connectivity index (χ2n) is 10.8. The molecule has 3 rings (SSSR count). The van der Waals surface area contributed by atoms with Crippen molar-refractivity contribution >= 4 is 50.7 Å². The average molecular weight is 651 g/mol. The van der Waals surface area contributed by atoms with Crippen molar-refractivity contribution in [3.05, 3.63) is 82.3 Å². The summed E-state index contributed by atoms with van der Waals surface area (Å²) < 4.78 is 40.1. The maximum Gasteiger partial charge on any atom is 0.264 e. The Hall–Kier alpha value is -3.47. The number of sulfonamides is 1. The van der Waals surface area contributed by atoms with Crippen molar-refractivity contribution in [1.82, 2.24) is 10.2 Å². The number of ether oxygens (including phenoxy) is 2. The number of anilines is 1. The molecule has 43 heavy (non-hydrogen) atoms. The Morgan fingerprint density at radius 2 is 1.63 bits per heavy atom. The van der Waals surface area contributed by atoms with Gasteiger partial charge in [-0.3, -0.25) is 13.9 Å². The molecule has 1 atom stereocenters. The number of hydrogen-bond acceptors (Lipinski definition) is 6. The van der Waals surface area contributed by atoms with E-state index in [1.165, 1.54) is 37.3 Å². The largest absolute Gasteiger partial charge is 0.497 e. The highest BCUT2D eigenvalue weighted by atomic mass is 35.5. The molecule has 9 nitrogen and oxygen atoms in total. The van der Waals surface area contributed by atoms with Crippen LogP contribution < -0.4 is 19.1 Å².